The van der Waals surface area contributed by atoms with Crippen molar-refractivity contribution < 1.29 is 51.4 Å². The van der Waals surface area contributed by atoms with Gasteiger partial charge < -0.3 is 10.2 Å². The van der Waals surface area contributed by atoms with E-state index in [1.165, 1.54) is 38.9 Å². The molecule has 2 nitrogen and oxygen atoms in total. The second-order valence-electron chi connectivity index (χ2n) is 3.79. The molecule has 0 aromatic rings. The molecule has 3 heteroatoms. The van der Waals surface area contributed by atoms with Gasteiger partial charge >= 0.3 is 51.4 Å². The summed E-state index contributed by atoms with van der Waals surface area (Å²) in [6.45, 7) is 7.15. The fraction of sp³-hybridized carbons (Fsp3) is 1.00. The summed E-state index contributed by atoms with van der Waals surface area (Å²) in [4.78, 5) is 2.53. The van der Waals surface area contributed by atoms with Gasteiger partial charge in [0.1, 0.15) is 0 Å². The number of hydrogen-bond donors (Lipinski definition) is 0. The van der Waals surface area contributed by atoms with Gasteiger partial charge in [-0.25, -0.2) is 0 Å². The number of likely N-dealkylation sites (tertiary alicyclic amines) is 1. The topological polar surface area (TPSA) is 17.3 Å². The Balaban J connectivity index is 0.000000720. The fourth-order valence-electron chi connectivity index (χ4n) is 2.12. The van der Waals surface area contributed by atoms with Crippen molar-refractivity contribution in [3.8, 4) is 0 Å². The van der Waals surface area contributed by atoms with E-state index in [0.717, 1.165) is 6.54 Å². The summed E-state index contributed by atoms with van der Waals surface area (Å²) in [7, 11) is 0. The summed E-state index contributed by atoms with van der Waals surface area (Å²) in [6.07, 6.45) is 4.01. The van der Waals surface area contributed by atoms with E-state index in [1.807, 2.05) is 0 Å². The smallest absolute Gasteiger partial charge is 0.657 e. The van der Waals surface area contributed by atoms with Gasteiger partial charge in [0.05, 0.1) is 0 Å². The van der Waals surface area contributed by atoms with Gasteiger partial charge in [0, 0.05) is 0 Å². The van der Waals surface area contributed by atoms with Crippen LogP contribution in [0, 0.1) is 0 Å². The van der Waals surface area contributed by atoms with Crippen LogP contribution in [0.5, 0.6) is 0 Å². The van der Waals surface area contributed by atoms with Crippen molar-refractivity contribution in [2.45, 2.75) is 31.7 Å². The first-order valence-electron chi connectivity index (χ1n) is 4.76. The SMILES string of the molecule is CCN1CCC2(CC[N-]2)CC1.[K+]. The largest absolute Gasteiger partial charge is 1.00 e. The van der Waals surface area contributed by atoms with Gasteiger partial charge in [-0.3, -0.25) is 0 Å². The summed E-state index contributed by atoms with van der Waals surface area (Å²) >= 11 is 0. The zero-order valence-corrected chi connectivity index (χ0v) is 11.5. The van der Waals surface area contributed by atoms with Crippen LogP contribution in [0.4, 0.5) is 0 Å². The first kappa shape index (κ1) is 11.6. The molecular formula is C9H17KN2. The van der Waals surface area contributed by atoms with Crippen LogP contribution in [0.25, 0.3) is 5.32 Å². The normalized spacial score (nSPS) is 27.8. The molecule has 2 heterocycles. The van der Waals surface area contributed by atoms with Gasteiger partial charge in [0.2, 0.25) is 0 Å². The molecule has 2 saturated heterocycles. The molecule has 0 N–H and O–H groups in total. The monoisotopic (exact) mass is 192 g/mol. The Kier molecular flexibility index (Phi) is 4.72. The zero-order chi connectivity index (χ0) is 7.73. The van der Waals surface area contributed by atoms with Crippen molar-refractivity contribution in [1.29, 1.82) is 0 Å². The molecular weight excluding hydrogens is 175 g/mol. The number of nitrogens with zero attached hydrogens (tertiary/aromatic N) is 2. The quantitative estimate of drug-likeness (QED) is 0.468. The van der Waals surface area contributed by atoms with Gasteiger partial charge in [0.25, 0.3) is 0 Å². The summed E-state index contributed by atoms with van der Waals surface area (Å²) < 4.78 is 0. The molecule has 2 aliphatic rings. The molecule has 0 atom stereocenters. The van der Waals surface area contributed by atoms with Crippen molar-refractivity contribution in [2.75, 3.05) is 26.2 Å². The van der Waals surface area contributed by atoms with Crippen LogP contribution in [0.2, 0.25) is 0 Å². The Bertz CT molecular complexity index is 135. The van der Waals surface area contributed by atoms with E-state index in [2.05, 4.69) is 17.1 Å². The van der Waals surface area contributed by atoms with E-state index in [0.29, 0.717) is 5.54 Å². The molecule has 0 bridgehead atoms. The maximum absolute atomic E-state index is 4.60. The Morgan fingerprint density at radius 3 is 2.17 bits per heavy atom. The van der Waals surface area contributed by atoms with Gasteiger partial charge in [-0.1, -0.05) is 26.2 Å². The maximum Gasteiger partial charge on any atom is 1.00 e. The third-order valence-electron chi connectivity index (χ3n) is 3.26. The summed E-state index contributed by atoms with van der Waals surface area (Å²) in [5.74, 6) is 0. The maximum atomic E-state index is 4.60. The van der Waals surface area contributed by atoms with Crippen LogP contribution in [0.3, 0.4) is 0 Å². The molecule has 0 radical (unpaired) electrons. The van der Waals surface area contributed by atoms with Crippen LogP contribution < -0.4 is 51.4 Å². The van der Waals surface area contributed by atoms with E-state index in [1.54, 1.807) is 0 Å². The molecule has 0 amide bonds. The van der Waals surface area contributed by atoms with Crippen LogP contribution in [0.15, 0.2) is 0 Å². The molecule has 0 saturated carbocycles. The number of rotatable bonds is 1. The van der Waals surface area contributed by atoms with E-state index in [9.17, 15) is 0 Å². The van der Waals surface area contributed by atoms with Gasteiger partial charge in [-0.05, 0) is 19.6 Å². The summed E-state index contributed by atoms with van der Waals surface area (Å²) in [6, 6.07) is 0. The van der Waals surface area contributed by atoms with E-state index < -0.39 is 0 Å². The number of piperidine rings is 1. The van der Waals surface area contributed by atoms with Crippen LogP contribution in [-0.2, 0) is 0 Å². The van der Waals surface area contributed by atoms with E-state index in [4.69, 9.17) is 0 Å². The van der Waals surface area contributed by atoms with E-state index >= 15 is 0 Å². The minimum absolute atomic E-state index is 0. The fourth-order valence-corrected chi connectivity index (χ4v) is 2.12. The Morgan fingerprint density at radius 2 is 1.83 bits per heavy atom. The third kappa shape index (κ3) is 2.32. The minimum Gasteiger partial charge on any atom is -0.657 e. The molecule has 0 aliphatic carbocycles. The molecule has 2 rings (SSSR count). The third-order valence-corrected chi connectivity index (χ3v) is 3.26. The van der Waals surface area contributed by atoms with Gasteiger partial charge in [-0.15, -0.1) is 12.1 Å². The van der Waals surface area contributed by atoms with Crippen molar-refractivity contribution >= 4 is 0 Å². The molecule has 0 unspecified atom stereocenters. The Morgan fingerprint density at radius 1 is 1.25 bits per heavy atom. The summed E-state index contributed by atoms with van der Waals surface area (Å²) in [5, 5.41) is 4.60. The van der Waals surface area contributed by atoms with Crippen molar-refractivity contribution in [3.63, 3.8) is 0 Å². The summed E-state index contributed by atoms with van der Waals surface area (Å²) in [5.41, 5.74) is 0.464. The first-order valence-corrected chi connectivity index (χ1v) is 4.76. The van der Waals surface area contributed by atoms with Crippen LogP contribution in [-0.4, -0.2) is 36.6 Å². The Hall–Kier alpha value is 1.56. The average molecular weight is 192 g/mol. The average Bonchev–Trinajstić information content (AvgIpc) is 2.02. The molecule has 0 aromatic carbocycles. The minimum atomic E-state index is 0. The van der Waals surface area contributed by atoms with Gasteiger partial charge in [-0.2, -0.15) is 0 Å². The zero-order valence-electron chi connectivity index (χ0n) is 8.34. The van der Waals surface area contributed by atoms with E-state index in [-0.39, 0.29) is 51.4 Å². The van der Waals surface area contributed by atoms with Crippen molar-refractivity contribution in [2.24, 2.45) is 0 Å². The predicted molar refractivity (Wildman–Crippen MR) is 46.9 cm³/mol. The Labute approximate surface area is 118 Å². The molecule has 2 fully saturated rings. The molecule has 0 aromatic heterocycles. The predicted octanol–water partition coefficient (Wildman–Crippen LogP) is -1.38. The standard InChI is InChI=1S/C9H17N2.K/c1-2-11-7-4-9(5-8-11)3-6-10-9;/h2-8H2,1H3;/q-1;+1. The molecule has 64 valence electrons. The van der Waals surface area contributed by atoms with Crippen molar-refractivity contribution in [1.82, 2.24) is 4.90 Å². The van der Waals surface area contributed by atoms with Crippen molar-refractivity contribution in [3.05, 3.63) is 5.32 Å². The second-order valence-corrected chi connectivity index (χ2v) is 3.79. The molecule has 1 spiro atoms. The van der Waals surface area contributed by atoms with Gasteiger partial charge in [0.15, 0.2) is 0 Å². The first-order chi connectivity index (χ1) is 5.35. The molecule has 2 aliphatic heterocycles. The van der Waals surface area contributed by atoms with Crippen LogP contribution in [0.1, 0.15) is 26.2 Å². The van der Waals surface area contributed by atoms with Crippen LogP contribution >= 0.6 is 0 Å². The second kappa shape index (κ2) is 4.87. The molecule has 12 heavy (non-hydrogen) atoms. The number of hydrogen-bond acceptors (Lipinski definition) is 1.